The summed E-state index contributed by atoms with van der Waals surface area (Å²) in [6, 6.07) is 9.25. The second kappa shape index (κ2) is 10.9. The number of furan rings is 1. The first-order valence-corrected chi connectivity index (χ1v) is 13.5. The van der Waals surface area contributed by atoms with Gasteiger partial charge in [-0.1, -0.05) is 6.07 Å². The van der Waals surface area contributed by atoms with E-state index in [-0.39, 0.29) is 30.2 Å². The molecule has 1 atom stereocenters. The first-order chi connectivity index (χ1) is 17.1. The molecule has 0 N–H and O–H groups in total. The number of nitrogens with zero attached hydrogens (tertiary/aromatic N) is 4. The standard InChI is InChI=1S/C25H28N4O4S2/c1-18-6-15-35-24(18)20-16-19(22-5-3-14-34-22)26-29(20)23(30)17-28(25(31)21-4-2-11-33-21)8-7-27-9-12-32-13-10-27/h2-6,11,14-15,20H,7-10,12-13,16-17H2,1H3/t20-/m1/s1. The van der Waals surface area contributed by atoms with Crippen LogP contribution in [-0.2, 0) is 9.53 Å². The number of morpholine rings is 1. The number of aryl methyl sites for hydroxylation is 1. The molecule has 3 aromatic heterocycles. The molecule has 2 aliphatic heterocycles. The molecular weight excluding hydrogens is 484 g/mol. The van der Waals surface area contributed by atoms with E-state index in [1.165, 1.54) is 6.26 Å². The summed E-state index contributed by atoms with van der Waals surface area (Å²) < 4.78 is 10.8. The minimum Gasteiger partial charge on any atom is -0.459 e. The van der Waals surface area contributed by atoms with Crippen LogP contribution < -0.4 is 0 Å². The molecule has 0 aliphatic carbocycles. The minimum absolute atomic E-state index is 0.0635. The summed E-state index contributed by atoms with van der Waals surface area (Å²) in [5, 5.41) is 10.4. The van der Waals surface area contributed by atoms with Crippen molar-refractivity contribution in [3.63, 3.8) is 0 Å². The molecule has 1 saturated heterocycles. The van der Waals surface area contributed by atoms with E-state index in [2.05, 4.69) is 17.9 Å². The lowest BCUT2D eigenvalue weighted by molar-refractivity contribution is -0.133. The second-order valence-electron chi connectivity index (χ2n) is 8.61. The van der Waals surface area contributed by atoms with Gasteiger partial charge in [-0.2, -0.15) is 5.10 Å². The van der Waals surface area contributed by atoms with E-state index >= 15 is 0 Å². The third kappa shape index (κ3) is 5.40. The molecular formula is C25H28N4O4S2. The highest BCUT2D eigenvalue weighted by Gasteiger charge is 2.36. The maximum atomic E-state index is 13.7. The van der Waals surface area contributed by atoms with Crippen molar-refractivity contribution in [2.75, 3.05) is 45.9 Å². The highest BCUT2D eigenvalue weighted by Crippen LogP contribution is 2.38. The summed E-state index contributed by atoms with van der Waals surface area (Å²) in [7, 11) is 0. The number of ether oxygens (including phenoxy) is 1. The van der Waals surface area contributed by atoms with Crippen LogP contribution in [0.5, 0.6) is 0 Å². The van der Waals surface area contributed by atoms with Crippen LogP contribution in [0.15, 0.2) is 56.9 Å². The van der Waals surface area contributed by atoms with Crippen molar-refractivity contribution >= 4 is 40.2 Å². The lowest BCUT2D eigenvalue weighted by atomic mass is 10.1. The number of thiophene rings is 2. The second-order valence-corrected chi connectivity index (χ2v) is 10.5. The van der Waals surface area contributed by atoms with Gasteiger partial charge in [0.15, 0.2) is 5.76 Å². The van der Waals surface area contributed by atoms with E-state index in [0.717, 1.165) is 34.1 Å². The first-order valence-electron chi connectivity index (χ1n) is 11.7. The Morgan fingerprint density at radius 3 is 2.69 bits per heavy atom. The number of carbonyl (C=O) groups excluding carboxylic acids is 2. The maximum Gasteiger partial charge on any atom is 0.290 e. The van der Waals surface area contributed by atoms with Crippen LogP contribution in [0, 0.1) is 6.92 Å². The Balaban J connectivity index is 1.37. The molecule has 35 heavy (non-hydrogen) atoms. The van der Waals surface area contributed by atoms with E-state index in [4.69, 9.17) is 14.3 Å². The van der Waals surface area contributed by atoms with Crippen LogP contribution in [0.1, 0.15) is 38.3 Å². The van der Waals surface area contributed by atoms with Crippen LogP contribution in [0.3, 0.4) is 0 Å². The van der Waals surface area contributed by atoms with Crippen molar-refractivity contribution in [1.29, 1.82) is 0 Å². The van der Waals surface area contributed by atoms with Gasteiger partial charge in [-0.15, -0.1) is 22.7 Å². The summed E-state index contributed by atoms with van der Waals surface area (Å²) in [4.78, 5) is 32.9. The molecule has 0 spiro atoms. The van der Waals surface area contributed by atoms with E-state index in [0.29, 0.717) is 32.7 Å². The lowest BCUT2D eigenvalue weighted by Gasteiger charge is -2.30. The Bertz CT molecular complexity index is 1170. The molecule has 0 radical (unpaired) electrons. The zero-order valence-electron chi connectivity index (χ0n) is 19.6. The zero-order chi connectivity index (χ0) is 24.2. The summed E-state index contributed by atoms with van der Waals surface area (Å²) in [5.41, 5.74) is 2.06. The third-order valence-corrected chi connectivity index (χ3v) is 8.35. The fourth-order valence-corrected chi connectivity index (χ4v) is 6.13. The van der Waals surface area contributed by atoms with Crippen molar-refractivity contribution in [2.45, 2.75) is 19.4 Å². The normalized spacial score (nSPS) is 18.6. The highest BCUT2D eigenvalue weighted by molar-refractivity contribution is 7.12. The Labute approximate surface area is 212 Å². The van der Waals surface area contributed by atoms with Gasteiger partial charge >= 0.3 is 0 Å². The van der Waals surface area contributed by atoms with Crippen molar-refractivity contribution in [3.05, 3.63) is 68.4 Å². The van der Waals surface area contributed by atoms with Gasteiger partial charge in [-0.3, -0.25) is 14.5 Å². The van der Waals surface area contributed by atoms with Gasteiger partial charge in [0.1, 0.15) is 6.54 Å². The molecule has 2 aliphatic rings. The van der Waals surface area contributed by atoms with Gasteiger partial charge in [0.25, 0.3) is 11.8 Å². The maximum absolute atomic E-state index is 13.7. The monoisotopic (exact) mass is 512 g/mol. The van der Waals surface area contributed by atoms with Crippen LogP contribution in [0.25, 0.3) is 0 Å². The zero-order valence-corrected chi connectivity index (χ0v) is 21.2. The molecule has 0 aromatic carbocycles. The van der Waals surface area contributed by atoms with Gasteiger partial charge < -0.3 is 14.1 Å². The molecule has 5 heterocycles. The Morgan fingerprint density at radius 1 is 1.14 bits per heavy atom. The van der Waals surface area contributed by atoms with Gasteiger partial charge in [0.05, 0.1) is 36.1 Å². The predicted octanol–water partition coefficient (Wildman–Crippen LogP) is 3.86. The first kappa shape index (κ1) is 23.9. The fraction of sp³-hybridized carbons (Fsp3) is 0.400. The van der Waals surface area contributed by atoms with Crippen molar-refractivity contribution in [2.24, 2.45) is 5.10 Å². The molecule has 0 unspecified atom stereocenters. The minimum atomic E-state index is -0.290. The quantitative estimate of drug-likeness (QED) is 0.458. The molecule has 0 saturated carbocycles. The van der Waals surface area contributed by atoms with Crippen LogP contribution in [0.2, 0.25) is 0 Å². The van der Waals surface area contributed by atoms with Gasteiger partial charge in [0, 0.05) is 37.5 Å². The van der Waals surface area contributed by atoms with E-state index in [9.17, 15) is 9.59 Å². The molecule has 3 aromatic rings. The van der Waals surface area contributed by atoms with E-state index in [1.807, 2.05) is 22.9 Å². The predicted molar refractivity (Wildman–Crippen MR) is 136 cm³/mol. The number of carbonyl (C=O) groups is 2. The number of hydrazone groups is 1. The van der Waals surface area contributed by atoms with Crippen molar-refractivity contribution in [3.8, 4) is 0 Å². The van der Waals surface area contributed by atoms with E-state index in [1.54, 1.807) is 44.7 Å². The smallest absolute Gasteiger partial charge is 0.290 e. The lowest BCUT2D eigenvalue weighted by Crippen LogP contribution is -2.46. The Hall–Kier alpha value is -2.79. The number of rotatable bonds is 8. The molecule has 0 bridgehead atoms. The number of amides is 2. The summed E-state index contributed by atoms with van der Waals surface area (Å²) in [5.74, 6) is -0.256. The fourth-order valence-electron chi connectivity index (χ4n) is 4.39. The topological polar surface area (TPSA) is 78.6 Å². The van der Waals surface area contributed by atoms with Gasteiger partial charge in [-0.05, 0) is 47.5 Å². The van der Waals surface area contributed by atoms with Crippen molar-refractivity contribution in [1.82, 2.24) is 14.8 Å². The summed E-state index contributed by atoms with van der Waals surface area (Å²) >= 11 is 3.26. The number of hydrogen-bond acceptors (Lipinski definition) is 8. The molecule has 2 amide bonds. The molecule has 5 rings (SSSR count). The summed E-state index contributed by atoms with van der Waals surface area (Å²) in [6.07, 6.45) is 2.14. The van der Waals surface area contributed by atoms with E-state index < -0.39 is 0 Å². The average Bonchev–Trinajstić information content (AvgIpc) is 3.68. The SMILES string of the molecule is Cc1ccsc1[C@H]1CC(c2cccs2)=NN1C(=O)CN(CCN1CCOCC1)C(=O)c1ccco1. The Morgan fingerprint density at radius 2 is 2.00 bits per heavy atom. The highest BCUT2D eigenvalue weighted by atomic mass is 32.1. The van der Waals surface area contributed by atoms with Gasteiger partial charge in [0.2, 0.25) is 0 Å². The third-order valence-electron chi connectivity index (χ3n) is 6.31. The molecule has 184 valence electrons. The van der Waals surface area contributed by atoms with Crippen molar-refractivity contribution < 1.29 is 18.7 Å². The molecule has 10 heteroatoms. The van der Waals surface area contributed by atoms with Crippen LogP contribution >= 0.6 is 22.7 Å². The largest absolute Gasteiger partial charge is 0.459 e. The summed E-state index contributed by atoms with van der Waals surface area (Å²) in [6.45, 7) is 6.08. The molecule has 8 nitrogen and oxygen atoms in total. The Kier molecular flexibility index (Phi) is 7.43. The van der Waals surface area contributed by atoms with Crippen LogP contribution in [-0.4, -0.2) is 78.3 Å². The van der Waals surface area contributed by atoms with Gasteiger partial charge in [-0.25, -0.2) is 5.01 Å². The average molecular weight is 513 g/mol. The van der Waals surface area contributed by atoms with Crippen LogP contribution in [0.4, 0.5) is 0 Å². The molecule has 1 fully saturated rings. The number of hydrogen-bond donors (Lipinski definition) is 0.